The number of para-hydroxylation sites is 1. The van der Waals surface area contributed by atoms with Crippen molar-refractivity contribution in [2.24, 2.45) is 5.92 Å². The zero-order valence-corrected chi connectivity index (χ0v) is 20.7. The zero-order chi connectivity index (χ0) is 24.8. The quantitative estimate of drug-likeness (QED) is 0.208. The van der Waals surface area contributed by atoms with Crippen molar-refractivity contribution in [3.05, 3.63) is 74.8 Å². The smallest absolute Gasteiger partial charge is 0.303 e. The molecule has 0 saturated heterocycles. The summed E-state index contributed by atoms with van der Waals surface area (Å²) >= 11 is 13.5. The molecule has 0 bridgehead atoms. The molecule has 1 aliphatic rings. The molecule has 3 rings (SSSR count). The van der Waals surface area contributed by atoms with Crippen LogP contribution in [0.15, 0.2) is 42.5 Å². The number of unbranched alkanes of at least 4 members (excludes halogenated alkanes) is 1. The lowest BCUT2D eigenvalue weighted by Gasteiger charge is -2.25. The van der Waals surface area contributed by atoms with Gasteiger partial charge in [-0.2, -0.15) is 0 Å². The van der Waals surface area contributed by atoms with Crippen LogP contribution in [-0.4, -0.2) is 31.9 Å². The molecular formula is C26H31Cl2NO5. The molecule has 184 valence electrons. The SMILES string of the molecule is CCCCC(O)c1cccc(C2C(Cl)CC(Cl)C2Cc2cccc(CCC(=O)O)c2[N+](=O)[O-])c1. The van der Waals surface area contributed by atoms with Crippen molar-refractivity contribution >= 4 is 34.9 Å². The lowest BCUT2D eigenvalue weighted by Crippen LogP contribution is -2.20. The third-order valence-corrected chi connectivity index (χ3v) is 7.68. The van der Waals surface area contributed by atoms with E-state index in [-0.39, 0.29) is 41.1 Å². The summed E-state index contributed by atoms with van der Waals surface area (Å²) in [6, 6.07) is 12.9. The maximum Gasteiger partial charge on any atom is 0.303 e. The summed E-state index contributed by atoms with van der Waals surface area (Å²) in [7, 11) is 0. The predicted octanol–water partition coefficient (Wildman–Crippen LogP) is 6.40. The normalized spacial score (nSPS) is 23.1. The minimum Gasteiger partial charge on any atom is -0.481 e. The number of aryl methyl sites for hydroxylation is 1. The molecule has 1 saturated carbocycles. The van der Waals surface area contributed by atoms with E-state index in [1.807, 2.05) is 24.3 Å². The Morgan fingerprint density at radius 1 is 1.18 bits per heavy atom. The Morgan fingerprint density at radius 3 is 2.56 bits per heavy atom. The summed E-state index contributed by atoms with van der Waals surface area (Å²) < 4.78 is 0. The maximum absolute atomic E-state index is 11.9. The third kappa shape index (κ3) is 6.29. The lowest BCUT2D eigenvalue weighted by atomic mass is 9.82. The fraction of sp³-hybridized carbons (Fsp3) is 0.500. The standard InChI is InChI=1S/C26H31Cl2NO5/c1-2-3-10-23(30)17-7-5-8-18(13-17)25-20(21(27)15-22(25)28)14-19-9-4-6-16(11-12-24(31)32)26(19)29(33)34/h4-9,13,20-23,25,30H,2-3,10-12,14-15H2,1H3,(H,31,32). The number of nitro benzene ring substituents is 1. The summed E-state index contributed by atoms with van der Waals surface area (Å²) in [5.41, 5.74) is 2.74. The average Bonchev–Trinajstić information content (AvgIpc) is 3.08. The molecule has 1 aliphatic carbocycles. The summed E-state index contributed by atoms with van der Waals surface area (Å²) in [4.78, 5) is 22.5. The summed E-state index contributed by atoms with van der Waals surface area (Å²) in [6.45, 7) is 2.08. The summed E-state index contributed by atoms with van der Waals surface area (Å²) in [5, 5.41) is 31.0. The molecule has 2 aromatic carbocycles. The number of carboxylic acid groups (broad SMARTS) is 1. The number of aliphatic hydroxyl groups is 1. The molecule has 0 radical (unpaired) electrons. The van der Waals surface area contributed by atoms with Gasteiger partial charge < -0.3 is 10.2 Å². The highest BCUT2D eigenvalue weighted by molar-refractivity contribution is 6.25. The first-order valence-corrected chi connectivity index (χ1v) is 12.6. The highest BCUT2D eigenvalue weighted by atomic mass is 35.5. The lowest BCUT2D eigenvalue weighted by molar-refractivity contribution is -0.386. The van der Waals surface area contributed by atoms with Crippen molar-refractivity contribution in [2.45, 2.75) is 74.6 Å². The van der Waals surface area contributed by atoms with Crippen LogP contribution in [0.3, 0.4) is 0 Å². The monoisotopic (exact) mass is 507 g/mol. The van der Waals surface area contributed by atoms with E-state index in [1.165, 1.54) is 0 Å². The van der Waals surface area contributed by atoms with Gasteiger partial charge in [0.1, 0.15) is 0 Å². The van der Waals surface area contributed by atoms with Crippen molar-refractivity contribution in [3.63, 3.8) is 0 Å². The van der Waals surface area contributed by atoms with Crippen LogP contribution in [0, 0.1) is 16.0 Å². The van der Waals surface area contributed by atoms with E-state index in [2.05, 4.69) is 6.92 Å². The van der Waals surface area contributed by atoms with Crippen LogP contribution in [-0.2, 0) is 17.6 Å². The van der Waals surface area contributed by atoms with Gasteiger partial charge in [0.15, 0.2) is 0 Å². The molecule has 0 spiro atoms. The average molecular weight is 508 g/mol. The van der Waals surface area contributed by atoms with Crippen molar-refractivity contribution in [1.82, 2.24) is 0 Å². The van der Waals surface area contributed by atoms with Gasteiger partial charge >= 0.3 is 5.97 Å². The van der Waals surface area contributed by atoms with Gasteiger partial charge in [-0.05, 0) is 42.7 Å². The number of hydrogen-bond donors (Lipinski definition) is 2. The molecular weight excluding hydrogens is 477 g/mol. The topological polar surface area (TPSA) is 101 Å². The molecule has 8 heteroatoms. The minimum atomic E-state index is -0.998. The summed E-state index contributed by atoms with van der Waals surface area (Å²) in [6.07, 6.45) is 2.93. The van der Waals surface area contributed by atoms with E-state index in [4.69, 9.17) is 28.3 Å². The third-order valence-electron chi connectivity index (χ3n) is 6.73. The number of aliphatic carboxylic acids is 1. The molecule has 1 fully saturated rings. The van der Waals surface area contributed by atoms with Gasteiger partial charge in [-0.25, -0.2) is 0 Å². The highest BCUT2D eigenvalue weighted by Crippen LogP contribution is 2.48. The second-order valence-corrected chi connectivity index (χ2v) is 10.2. The number of carboxylic acids is 1. The Kier molecular flexibility index (Phi) is 9.34. The van der Waals surface area contributed by atoms with E-state index in [0.717, 1.165) is 24.0 Å². The second-order valence-electron chi connectivity index (χ2n) is 9.07. The first kappa shape index (κ1) is 26.5. The van der Waals surface area contributed by atoms with Crippen LogP contribution >= 0.6 is 23.2 Å². The molecule has 0 amide bonds. The number of carbonyl (C=O) groups is 1. The van der Waals surface area contributed by atoms with E-state index in [0.29, 0.717) is 30.4 Å². The Bertz CT molecular complexity index is 1010. The Morgan fingerprint density at radius 2 is 1.88 bits per heavy atom. The first-order chi connectivity index (χ1) is 16.2. The van der Waals surface area contributed by atoms with Gasteiger partial charge in [0, 0.05) is 34.2 Å². The second kappa shape index (κ2) is 12.0. The van der Waals surface area contributed by atoms with Crippen molar-refractivity contribution in [2.75, 3.05) is 0 Å². The van der Waals surface area contributed by atoms with Gasteiger partial charge in [-0.15, -0.1) is 23.2 Å². The molecule has 2 aromatic rings. The molecule has 2 N–H and O–H groups in total. The molecule has 34 heavy (non-hydrogen) atoms. The number of aliphatic hydroxyl groups excluding tert-OH is 1. The largest absolute Gasteiger partial charge is 0.481 e. The molecule has 5 unspecified atom stereocenters. The predicted molar refractivity (Wildman–Crippen MR) is 134 cm³/mol. The Labute approximate surface area is 210 Å². The van der Waals surface area contributed by atoms with Crippen LogP contribution in [0.4, 0.5) is 5.69 Å². The van der Waals surface area contributed by atoms with Gasteiger partial charge in [0.05, 0.1) is 11.0 Å². The number of hydrogen-bond acceptors (Lipinski definition) is 4. The van der Waals surface area contributed by atoms with Crippen molar-refractivity contribution in [1.29, 1.82) is 0 Å². The maximum atomic E-state index is 11.9. The van der Waals surface area contributed by atoms with Crippen molar-refractivity contribution in [3.8, 4) is 0 Å². The van der Waals surface area contributed by atoms with Crippen LogP contribution in [0.2, 0.25) is 0 Å². The van der Waals surface area contributed by atoms with E-state index < -0.39 is 17.0 Å². The number of halogens is 2. The van der Waals surface area contributed by atoms with E-state index in [9.17, 15) is 20.0 Å². The van der Waals surface area contributed by atoms with E-state index >= 15 is 0 Å². The summed E-state index contributed by atoms with van der Waals surface area (Å²) in [5.74, 6) is -1.26. The Hall–Kier alpha value is -2.15. The number of nitro groups is 1. The van der Waals surface area contributed by atoms with Gasteiger partial charge in [-0.3, -0.25) is 14.9 Å². The number of benzene rings is 2. The van der Waals surface area contributed by atoms with Crippen LogP contribution in [0.1, 0.15) is 73.3 Å². The van der Waals surface area contributed by atoms with Gasteiger partial charge in [0.25, 0.3) is 5.69 Å². The van der Waals surface area contributed by atoms with Gasteiger partial charge in [-0.1, -0.05) is 62.2 Å². The van der Waals surface area contributed by atoms with Crippen LogP contribution in [0.5, 0.6) is 0 Å². The molecule has 0 aliphatic heterocycles. The number of rotatable bonds is 11. The minimum absolute atomic E-state index is 0.0341. The zero-order valence-electron chi connectivity index (χ0n) is 19.2. The van der Waals surface area contributed by atoms with Crippen LogP contribution in [0.25, 0.3) is 0 Å². The number of nitrogens with zero attached hydrogens (tertiary/aromatic N) is 1. The van der Waals surface area contributed by atoms with Crippen molar-refractivity contribution < 1.29 is 19.9 Å². The fourth-order valence-corrected chi connectivity index (χ4v) is 6.07. The van der Waals surface area contributed by atoms with E-state index in [1.54, 1.807) is 18.2 Å². The van der Waals surface area contributed by atoms with Gasteiger partial charge in [0.2, 0.25) is 0 Å². The Balaban J connectivity index is 1.92. The highest BCUT2D eigenvalue weighted by Gasteiger charge is 2.43. The first-order valence-electron chi connectivity index (χ1n) is 11.8. The molecule has 5 atom stereocenters. The number of alkyl halides is 2. The molecule has 0 heterocycles. The van der Waals surface area contributed by atoms with Crippen LogP contribution < -0.4 is 0 Å². The molecule has 0 aromatic heterocycles. The molecule has 6 nitrogen and oxygen atoms in total. The fourth-order valence-electron chi connectivity index (χ4n) is 5.02.